The van der Waals surface area contributed by atoms with Crippen LogP contribution in [0.1, 0.15) is 24.7 Å². The van der Waals surface area contributed by atoms with Crippen LogP contribution in [0.5, 0.6) is 0 Å². The van der Waals surface area contributed by atoms with Crippen molar-refractivity contribution >= 4 is 6.03 Å². The molecule has 0 radical (unpaired) electrons. The highest BCUT2D eigenvalue weighted by Crippen LogP contribution is 2.49. The number of nitrogens with zero attached hydrogens (tertiary/aromatic N) is 4. The van der Waals surface area contributed by atoms with Crippen LogP contribution in [0.25, 0.3) is 11.4 Å². The summed E-state index contributed by atoms with van der Waals surface area (Å²) in [6.45, 7) is 2.53. The fraction of sp³-hybridized carbons (Fsp3) is 0.526. The summed E-state index contributed by atoms with van der Waals surface area (Å²) in [6.07, 6.45) is 1.70. The van der Waals surface area contributed by atoms with Crippen LogP contribution in [-0.2, 0) is 4.74 Å². The van der Waals surface area contributed by atoms with E-state index in [-0.39, 0.29) is 23.2 Å². The third kappa shape index (κ3) is 3.29. The molecule has 0 bridgehead atoms. The van der Waals surface area contributed by atoms with Gasteiger partial charge in [-0.05, 0) is 37.1 Å². The van der Waals surface area contributed by atoms with Crippen molar-refractivity contribution in [2.24, 2.45) is 5.41 Å². The van der Waals surface area contributed by atoms with Gasteiger partial charge in [0.15, 0.2) is 0 Å². The standard InChI is InChI=1S/C19H23FN4O3/c1-23(2)18(25)24-11-15(19(12-24)7-9-26-10-8-19)17-21-16(22-27-17)13-3-5-14(20)6-4-13/h3-6,15H,7-12H2,1-2H3/t15-/m0/s1. The summed E-state index contributed by atoms with van der Waals surface area (Å²) in [5.74, 6) is 0.624. The molecule has 1 aromatic heterocycles. The molecule has 7 nitrogen and oxygen atoms in total. The number of carbonyl (C=O) groups excluding carboxylic acids is 1. The van der Waals surface area contributed by atoms with Crippen molar-refractivity contribution in [3.05, 3.63) is 36.0 Å². The smallest absolute Gasteiger partial charge is 0.319 e. The van der Waals surface area contributed by atoms with Crippen LogP contribution in [-0.4, -0.2) is 66.4 Å². The van der Waals surface area contributed by atoms with Crippen molar-refractivity contribution in [1.29, 1.82) is 0 Å². The van der Waals surface area contributed by atoms with E-state index < -0.39 is 0 Å². The van der Waals surface area contributed by atoms with Crippen LogP contribution < -0.4 is 0 Å². The van der Waals surface area contributed by atoms with Gasteiger partial charge in [-0.2, -0.15) is 4.98 Å². The molecule has 1 spiro atoms. The van der Waals surface area contributed by atoms with Gasteiger partial charge in [-0.15, -0.1) is 0 Å². The Kier molecular flexibility index (Phi) is 4.59. The van der Waals surface area contributed by atoms with Gasteiger partial charge >= 0.3 is 6.03 Å². The molecule has 0 N–H and O–H groups in total. The number of urea groups is 1. The molecule has 27 heavy (non-hydrogen) atoms. The highest BCUT2D eigenvalue weighted by molar-refractivity contribution is 5.74. The minimum atomic E-state index is -0.308. The van der Waals surface area contributed by atoms with E-state index in [0.29, 0.717) is 43.6 Å². The molecule has 144 valence electrons. The first-order valence-corrected chi connectivity index (χ1v) is 9.12. The van der Waals surface area contributed by atoms with E-state index in [0.717, 1.165) is 12.8 Å². The van der Waals surface area contributed by atoms with Crippen LogP contribution in [0.3, 0.4) is 0 Å². The molecule has 0 aliphatic carbocycles. The van der Waals surface area contributed by atoms with E-state index in [1.807, 2.05) is 4.90 Å². The molecule has 2 aliphatic heterocycles. The monoisotopic (exact) mass is 374 g/mol. The second kappa shape index (κ2) is 6.92. The van der Waals surface area contributed by atoms with Crippen molar-refractivity contribution in [2.45, 2.75) is 18.8 Å². The Bertz CT molecular complexity index is 815. The van der Waals surface area contributed by atoms with Crippen molar-refractivity contribution in [2.75, 3.05) is 40.4 Å². The molecule has 2 amide bonds. The minimum absolute atomic E-state index is 0.0124. The van der Waals surface area contributed by atoms with Crippen molar-refractivity contribution < 1.29 is 18.4 Å². The van der Waals surface area contributed by atoms with Gasteiger partial charge in [-0.3, -0.25) is 0 Å². The summed E-state index contributed by atoms with van der Waals surface area (Å²) in [4.78, 5) is 20.6. The third-order valence-electron chi connectivity index (χ3n) is 5.63. The Morgan fingerprint density at radius 3 is 2.63 bits per heavy atom. The van der Waals surface area contributed by atoms with Crippen molar-refractivity contribution in [3.63, 3.8) is 0 Å². The number of carbonyl (C=O) groups is 1. The molecule has 8 heteroatoms. The lowest BCUT2D eigenvalue weighted by molar-refractivity contribution is 0.00911. The Labute approximate surface area is 157 Å². The molecule has 2 aliphatic rings. The maximum Gasteiger partial charge on any atom is 0.319 e. The molecule has 4 rings (SSSR count). The molecule has 0 saturated carbocycles. The summed E-state index contributed by atoms with van der Waals surface area (Å²) < 4.78 is 24.3. The Morgan fingerprint density at radius 2 is 1.96 bits per heavy atom. The first-order chi connectivity index (χ1) is 13.0. The minimum Gasteiger partial charge on any atom is -0.381 e. The second-order valence-electron chi connectivity index (χ2n) is 7.55. The lowest BCUT2D eigenvalue weighted by atomic mass is 9.72. The third-order valence-corrected chi connectivity index (χ3v) is 5.63. The van der Waals surface area contributed by atoms with Gasteiger partial charge in [-0.1, -0.05) is 5.16 Å². The summed E-state index contributed by atoms with van der Waals surface area (Å²) in [7, 11) is 3.51. The highest BCUT2D eigenvalue weighted by atomic mass is 19.1. The molecular formula is C19H23FN4O3. The lowest BCUT2D eigenvalue weighted by Gasteiger charge is -2.36. The molecule has 2 saturated heterocycles. The SMILES string of the molecule is CN(C)C(=O)N1C[C@@H](c2nc(-c3ccc(F)cc3)no2)C2(CCOCC2)C1. The summed E-state index contributed by atoms with van der Waals surface area (Å²) >= 11 is 0. The van der Waals surface area contributed by atoms with Gasteiger partial charge < -0.3 is 19.1 Å². The zero-order valence-corrected chi connectivity index (χ0v) is 15.5. The molecule has 3 heterocycles. The van der Waals surface area contributed by atoms with E-state index in [1.54, 1.807) is 31.1 Å². The number of rotatable bonds is 2. The number of hydrogen-bond acceptors (Lipinski definition) is 5. The normalized spacial score (nSPS) is 21.6. The first kappa shape index (κ1) is 17.9. The van der Waals surface area contributed by atoms with Gasteiger partial charge in [0.1, 0.15) is 5.82 Å². The number of ether oxygens (including phenoxy) is 1. The molecule has 2 aromatic rings. The Morgan fingerprint density at radius 1 is 1.26 bits per heavy atom. The topological polar surface area (TPSA) is 71.7 Å². The van der Waals surface area contributed by atoms with E-state index >= 15 is 0 Å². The average Bonchev–Trinajstić information content (AvgIpc) is 3.28. The quantitative estimate of drug-likeness (QED) is 0.808. The summed E-state index contributed by atoms with van der Waals surface area (Å²) in [5.41, 5.74) is 0.586. The fourth-order valence-corrected chi connectivity index (χ4v) is 4.11. The number of hydrogen-bond donors (Lipinski definition) is 0. The number of aromatic nitrogens is 2. The Hall–Kier alpha value is -2.48. The van der Waals surface area contributed by atoms with E-state index in [9.17, 15) is 9.18 Å². The molecule has 0 unspecified atom stereocenters. The zero-order valence-electron chi connectivity index (χ0n) is 15.5. The van der Waals surface area contributed by atoms with E-state index in [2.05, 4.69) is 10.1 Å². The molecule has 2 fully saturated rings. The predicted octanol–water partition coefficient (Wildman–Crippen LogP) is 2.75. The van der Waals surface area contributed by atoms with E-state index in [4.69, 9.17) is 9.26 Å². The van der Waals surface area contributed by atoms with Crippen molar-refractivity contribution in [3.8, 4) is 11.4 Å². The van der Waals surface area contributed by atoms with Crippen LogP contribution in [0.4, 0.5) is 9.18 Å². The molecule has 1 aromatic carbocycles. The maximum atomic E-state index is 13.2. The molecule has 1 atom stereocenters. The zero-order chi connectivity index (χ0) is 19.0. The number of benzene rings is 1. The average molecular weight is 374 g/mol. The summed E-state index contributed by atoms with van der Waals surface area (Å²) in [5, 5.41) is 4.09. The lowest BCUT2D eigenvalue weighted by Crippen LogP contribution is -2.40. The fourth-order valence-electron chi connectivity index (χ4n) is 4.11. The summed E-state index contributed by atoms with van der Waals surface area (Å²) in [6, 6.07) is 5.99. The predicted molar refractivity (Wildman–Crippen MR) is 95.6 cm³/mol. The Balaban J connectivity index is 1.64. The number of likely N-dealkylation sites (tertiary alicyclic amines) is 1. The molecular weight excluding hydrogens is 351 g/mol. The van der Waals surface area contributed by atoms with Gasteiger partial charge in [0.2, 0.25) is 11.7 Å². The van der Waals surface area contributed by atoms with Gasteiger partial charge in [0, 0.05) is 51.4 Å². The van der Waals surface area contributed by atoms with Crippen LogP contribution in [0.15, 0.2) is 28.8 Å². The van der Waals surface area contributed by atoms with Gasteiger partial charge in [0.25, 0.3) is 0 Å². The largest absolute Gasteiger partial charge is 0.381 e. The van der Waals surface area contributed by atoms with Crippen LogP contribution in [0.2, 0.25) is 0 Å². The van der Waals surface area contributed by atoms with Gasteiger partial charge in [-0.25, -0.2) is 9.18 Å². The van der Waals surface area contributed by atoms with Crippen molar-refractivity contribution in [1.82, 2.24) is 19.9 Å². The highest BCUT2D eigenvalue weighted by Gasteiger charge is 2.51. The van der Waals surface area contributed by atoms with E-state index in [1.165, 1.54) is 12.1 Å². The maximum absolute atomic E-state index is 13.2. The number of amides is 2. The van der Waals surface area contributed by atoms with Gasteiger partial charge in [0.05, 0.1) is 5.92 Å². The second-order valence-corrected chi connectivity index (χ2v) is 7.55. The first-order valence-electron chi connectivity index (χ1n) is 9.12. The number of halogens is 1. The van der Waals surface area contributed by atoms with Crippen LogP contribution in [0, 0.1) is 11.2 Å². The van der Waals surface area contributed by atoms with Crippen LogP contribution >= 0.6 is 0 Å².